The van der Waals surface area contributed by atoms with Crippen molar-refractivity contribution in [1.29, 1.82) is 0 Å². The van der Waals surface area contributed by atoms with Gasteiger partial charge < -0.3 is 10.6 Å². The third-order valence-electron chi connectivity index (χ3n) is 2.76. The maximum Gasteiger partial charge on any atom is 0.221 e. The standard InChI is InChI=1S/C14H19N5O/c1-3-7-19-14(16-10-17-19)9-15-12-5-4-6-13(8-12)18-11(2)20/h4-6,8,10,15H,3,7,9H2,1-2H3,(H,18,20). The number of benzene rings is 1. The molecule has 0 atom stereocenters. The van der Waals surface area contributed by atoms with Crippen LogP contribution in [0, 0.1) is 0 Å². The number of amides is 1. The molecule has 0 spiro atoms. The number of aromatic nitrogens is 3. The molecule has 20 heavy (non-hydrogen) atoms. The van der Waals surface area contributed by atoms with Crippen LogP contribution >= 0.6 is 0 Å². The van der Waals surface area contributed by atoms with Crippen molar-refractivity contribution in [1.82, 2.24) is 14.8 Å². The molecule has 6 heteroatoms. The van der Waals surface area contributed by atoms with Gasteiger partial charge in [-0.2, -0.15) is 5.10 Å². The van der Waals surface area contributed by atoms with Crippen LogP contribution in [0.2, 0.25) is 0 Å². The quantitative estimate of drug-likeness (QED) is 0.846. The van der Waals surface area contributed by atoms with E-state index < -0.39 is 0 Å². The first kappa shape index (κ1) is 14.0. The van der Waals surface area contributed by atoms with Crippen LogP contribution in [0.3, 0.4) is 0 Å². The maximum absolute atomic E-state index is 11.0. The Morgan fingerprint density at radius 3 is 2.90 bits per heavy atom. The number of nitrogens with zero attached hydrogens (tertiary/aromatic N) is 3. The lowest BCUT2D eigenvalue weighted by Gasteiger charge is -2.09. The Labute approximate surface area is 118 Å². The highest BCUT2D eigenvalue weighted by atomic mass is 16.1. The summed E-state index contributed by atoms with van der Waals surface area (Å²) in [6, 6.07) is 7.59. The molecule has 0 aliphatic rings. The van der Waals surface area contributed by atoms with Crippen molar-refractivity contribution in [2.45, 2.75) is 33.4 Å². The second kappa shape index (κ2) is 6.70. The first-order chi connectivity index (χ1) is 9.69. The molecule has 6 nitrogen and oxygen atoms in total. The summed E-state index contributed by atoms with van der Waals surface area (Å²) in [5, 5.41) is 10.2. The summed E-state index contributed by atoms with van der Waals surface area (Å²) in [6.07, 6.45) is 2.59. The molecular weight excluding hydrogens is 254 g/mol. The molecule has 0 bridgehead atoms. The summed E-state index contributed by atoms with van der Waals surface area (Å²) in [4.78, 5) is 15.3. The minimum Gasteiger partial charge on any atom is -0.378 e. The lowest BCUT2D eigenvalue weighted by molar-refractivity contribution is -0.114. The van der Waals surface area contributed by atoms with Gasteiger partial charge >= 0.3 is 0 Å². The summed E-state index contributed by atoms with van der Waals surface area (Å²) in [7, 11) is 0. The van der Waals surface area contributed by atoms with Crippen LogP contribution in [-0.2, 0) is 17.9 Å². The molecular formula is C14H19N5O. The van der Waals surface area contributed by atoms with Crippen molar-refractivity contribution < 1.29 is 4.79 Å². The van der Waals surface area contributed by atoms with Crippen LogP contribution in [0.5, 0.6) is 0 Å². The van der Waals surface area contributed by atoms with Crippen molar-refractivity contribution in [3.8, 4) is 0 Å². The molecule has 0 fully saturated rings. The Kier molecular flexibility index (Phi) is 4.70. The molecule has 2 aromatic rings. The average Bonchev–Trinajstić information content (AvgIpc) is 2.84. The molecule has 1 amide bonds. The first-order valence-corrected chi connectivity index (χ1v) is 6.67. The zero-order valence-electron chi connectivity index (χ0n) is 11.8. The van der Waals surface area contributed by atoms with Gasteiger partial charge in [-0.3, -0.25) is 4.79 Å². The summed E-state index contributed by atoms with van der Waals surface area (Å²) in [6.45, 7) is 5.07. The van der Waals surface area contributed by atoms with Crippen LogP contribution in [0.25, 0.3) is 0 Å². The number of hydrogen-bond acceptors (Lipinski definition) is 4. The van der Waals surface area contributed by atoms with Crippen molar-refractivity contribution in [3.05, 3.63) is 36.4 Å². The second-order valence-electron chi connectivity index (χ2n) is 4.51. The molecule has 1 aromatic carbocycles. The van der Waals surface area contributed by atoms with E-state index in [1.165, 1.54) is 6.92 Å². The normalized spacial score (nSPS) is 10.3. The molecule has 0 saturated carbocycles. The number of hydrogen-bond donors (Lipinski definition) is 2. The lowest BCUT2D eigenvalue weighted by Crippen LogP contribution is -2.10. The molecule has 2 N–H and O–H groups in total. The number of nitrogens with one attached hydrogen (secondary N) is 2. The van der Waals surface area contributed by atoms with E-state index >= 15 is 0 Å². The van der Waals surface area contributed by atoms with Gasteiger partial charge in [0.1, 0.15) is 12.2 Å². The molecule has 0 aliphatic carbocycles. The predicted octanol–water partition coefficient (Wildman–Crippen LogP) is 2.26. The van der Waals surface area contributed by atoms with Gasteiger partial charge in [-0.15, -0.1) is 0 Å². The van der Waals surface area contributed by atoms with Crippen LogP contribution in [0.15, 0.2) is 30.6 Å². The summed E-state index contributed by atoms with van der Waals surface area (Å²) < 4.78 is 1.89. The van der Waals surface area contributed by atoms with E-state index in [2.05, 4.69) is 27.6 Å². The largest absolute Gasteiger partial charge is 0.378 e. The SMILES string of the molecule is CCCn1ncnc1CNc1cccc(NC(C)=O)c1. The van der Waals surface area contributed by atoms with Crippen LogP contribution in [0.4, 0.5) is 11.4 Å². The fourth-order valence-corrected chi connectivity index (χ4v) is 1.91. The van der Waals surface area contributed by atoms with Crippen molar-refractivity contribution in [2.75, 3.05) is 10.6 Å². The third-order valence-corrected chi connectivity index (χ3v) is 2.76. The van der Waals surface area contributed by atoms with Crippen LogP contribution < -0.4 is 10.6 Å². The van der Waals surface area contributed by atoms with Gasteiger partial charge in [0.25, 0.3) is 0 Å². The highest BCUT2D eigenvalue weighted by Crippen LogP contribution is 2.15. The van der Waals surface area contributed by atoms with Gasteiger partial charge in [0.2, 0.25) is 5.91 Å². The van der Waals surface area contributed by atoms with Gasteiger partial charge in [0, 0.05) is 24.8 Å². The second-order valence-corrected chi connectivity index (χ2v) is 4.51. The Bertz CT molecular complexity index is 578. The van der Waals surface area contributed by atoms with Crippen LogP contribution in [-0.4, -0.2) is 20.7 Å². The molecule has 2 rings (SSSR count). The predicted molar refractivity (Wildman–Crippen MR) is 78.4 cm³/mol. The first-order valence-electron chi connectivity index (χ1n) is 6.67. The van der Waals surface area contributed by atoms with E-state index in [0.717, 1.165) is 30.2 Å². The Hall–Kier alpha value is -2.37. The minimum absolute atomic E-state index is 0.0789. The van der Waals surface area contributed by atoms with Crippen molar-refractivity contribution in [3.63, 3.8) is 0 Å². The van der Waals surface area contributed by atoms with Crippen molar-refractivity contribution >= 4 is 17.3 Å². The molecule has 1 heterocycles. The third kappa shape index (κ3) is 3.81. The summed E-state index contributed by atoms with van der Waals surface area (Å²) in [5.41, 5.74) is 1.71. The fourth-order valence-electron chi connectivity index (χ4n) is 1.91. The molecule has 0 aliphatic heterocycles. The number of carbonyl (C=O) groups is 1. The Morgan fingerprint density at radius 1 is 1.35 bits per heavy atom. The smallest absolute Gasteiger partial charge is 0.221 e. The van der Waals surface area contributed by atoms with Gasteiger partial charge in [-0.1, -0.05) is 13.0 Å². The molecule has 0 saturated heterocycles. The van der Waals surface area contributed by atoms with E-state index in [-0.39, 0.29) is 5.91 Å². The van der Waals surface area contributed by atoms with E-state index in [1.807, 2.05) is 28.9 Å². The van der Waals surface area contributed by atoms with Crippen LogP contribution in [0.1, 0.15) is 26.1 Å². The minimum atomic E-state index is -0.0789. The molecule has 0 radical (unpaired) electrons. The Balaban J connectivity index is 1.99. The monoisotopic (exact) mass is 273 g/mol. The highest BCUT2D eigenvalue weighted by molar-refractivity contribution is 5.89. The zero-order chi connectivity index (χ0) is 14.4. The van der Waals surface area contributed by atoms with Crippen molar-refractivity contribution in [2.24, 2.45) is 0 Å². The maximum atomic E-state index is 11.0. The molecule has 106 valence electrons. The summed E-state index contributed by atoms with van der Waals surface area (Å²) >= 11 is 0. The van der Waals surface area contributed by atoms with E-state index in [4.69, 9.17) is 0 Å². The summed E-state index contributed by atoms with van der Waals surface area (Å²) in [5.74, 6) is 0.821. The van der Waals surface area contributed by atoms with Gasteiger partial charge in [0.05, 0.1) is 6.54 Å². The Morgan fingerprint density at radius 2 is 2.15 bits per heavy atom. The number of anilines is 2. The number of carbonyl (C=O) groups excluding carboxylic acids is 1. The van der Waals surface area contributed by atoms with Gasteiger partial charge in [-0.05, 0) is 24.6 Å². The number of rotatable bonds is 6. The van der Waals surface area contributed by atoms with E-state index in [0.29, 0.717) is 6.54 Å². The van der Waals surface area contributed by atoms with Gasteiger partial charge in [-0.25, -0.2) is 9.67 Å². The zero-order valence-corrected chi connectivity index (χ0v) is 11.8. The topological polar surface area (TPSA) is 71.8 Å². The molecule has 0 unspecified atom stereocenters. The molecule has 1 aromatic heterocycles. The van der Waals surface area contributed by atoms with E-state index in [1.54, 1.807) is 6.33 Å². The number of aryl methyl sites for hydroxylation is 1. The lowest BCUT2D eigenvalue weighted by atomic mass is 10.2. The highest BCUT2D eigenvalue weighted by Gasteiger charge is 2.03. The van der Waals surface area contributed by atoms with Gasteiger partial charge in [0.15, 0.2) is 0 Å². The van der Waals surface area contributed by atoms with E-state index in [9.17, 15) is 4.79 Å². The average molecular weight is 273 g/mol. The fraction of sp³-hybridized carbons (Fsp3) is 0.357.